The Hall–Kier alpha value is -2.41. The van der Waals surface area contributed by atoms with Crippen molar-refractivity contribution in [1.29, 1.82) is 0 Å². The fourth-order valence-electron chi connectivity index (χ4n) is 3.08. The highest BCUT2D eigenvalue weighted by atomic mass is 16.4. The van der Waals surface area contributed by atoms with E-state index in [0.717, 1.165) is 11.1 Å². The third-order valence-electron chi connectivity index (χ3n) is 4.87. The summed E-state index contributed by atoms with van der Waals surface area (Å²) in [5, 5.41) is 15.2. The molecule has 3 atom stereocenters. The lowest BCUT2D eigenvalue weighted by atomic mass is 9.92. The molecule has 0 spiro atoms. The molecule has 7 nitrogen and oxygen atoms in total. The van der Waals surface area contributed by atoms with Crippen LogP contribution in [0.15, 0.2) is 24.3 Å². The summed E-state index contributed by atoms with van der Waals surface area (Å²) < 4.78 is 0. The van der Waals surface area contributed by atoms with Crippen LogP contribution in [0.1, 0.15) is 31.9 Å². The Morgan fingerprint density at radius 1 is 1.15 bits per heavy atom. The largest absolute Gasteiger partial charge is 0.480 e. The number of amides is 2. The SMILES string of the molecule is CN[C@@H](C)C(=O)N[C@H](C(=O)N1Cc2ccccc2C[C@H]1C(=O)O)C(C)C. The van der Waals surface area contributed by atoms with Gasteiger partial charge < -0.3 is 20.6 Å². The molecule has 1 aromatic carbocycles. The van der Waals surface area contributed by atoms with E-state index in [-0.39, 0.29) is 30.7 Å². The van der Waals surface area contributed by atoms with Crippen LogP contribution in [0.25, 0.3) is 0 Å². The normalized spacial score (nSPS) is 18.8. The molecule has 0 aromatic heterocycles. The predicted octanol–water partition coefficient (Wildman–Crippen LogP) is 0.773. The molecule has 142 valence electrons. The third kappa shape index (κ3) is 4.22. The van der Waals surface area contributed by atoms with Crippen LogP contribution >= 0.6 is 0 Å². The third-order valence-corrected chi connectivity index (χ3v) is 4.87. The Morgan fingerprint density at radius 3 is 2.31 bits per heavy atom. The molecule has 1 aliphatic rings. The lowest BCUT2D eigenvalue weighted by Crippen LogP contribution is -2.58. The highest BCUT2D eigenvalue weighted by Crippen LogP contribution is 2.25. The van der Waals surface area contributed by atoms with E-state index in [1.807, 2.05) is 38.1 Å². The second kappa shape index (κ2) is 8.31. The minimum absolute atomic E-state index is 0.165. The summed E-state index contributed by atoms with van der Waals surface area (Å²) in [5.74, 6) is -1.85. The fraction of sp³-hybridized carbons (Fsp3) is 0.526. The molecule has 2 rings (SSSR count). The van der Waals surface area contributed by atoms with Gasteiger partial charge >= 0.3 is 5.97 Å². The van der Waals surface area contributed by atoms with Crippen molar-refractivity contribution in [2.24, 2.45) is 5.92 Å². The number of nitrogens with one attached hydrogen (secondary N) is 2. The van der Waals surface area contributed by atoms with E-state index in [9.17, 15) is 19.5 Å². The first kappa shape index (κ1) is 19.9. The van der Waals surface area contributed by atoms with E-state index in [2.05, 4.69) is 10.6 Å². The molecule has 0 unspecified atom stereocenters. The highest BCUT2D eigenvalue weighted by Gasteiger charge is 2.39. The van der Waals surface area contributed by atoms with Gasteiger partial charge in [0.05, 0.1) is 6.04 Å². The zero-order valence-corrected chi connectivity index (χ0v) is 15.7. The van der Waals surface area contributed by atoms with Gasteiger partial charge in [0.25, 0.3) is 0 Å². The van der Waals surface area contributed by atoms with Crippen LogP contribution in [0, 0.1) is 5.92 Å². The van der Waals surface area contributed by atoms with Gasteiger partial charge in [-0.05, 0) is 31.0 Å². The topological polar surface area (TPSA) is 98.7 Å². The standard InChI is InChI=1S/C19H27N3O4/c1-11(2)16(21-17(23)12(3)20-4)18(24)22-10-14-8-6-5-7-13(14)9-15(22)19(25)26/h5-8,11-12,15-16,20H,9-10H2,1-4H3,(H,21,23)(H,25,26)/t12-,15-,16-/m0/s1. The van der Waals surface area contributed by atoms with Crippen LogP contribution in [0.4, 0.5) is 0 Å². The average molecular weight is 361 g/mol. The highest BCUT2D eigenvalue weighted by molar-refractivity contribution is 5.92. The number of likely N-dealkylation sites (N-methyl/N-ethyl adjacent to an activating group) is 1. The molecular weight excluding hydrogens is 334 g/mol. The minimum atomic E-state index is -1.04. The predicted molar refractivity (Wildman–Crippen MR) is 97.4 cm³/mol. The van der Waals surface area contributed by atoms with Gasteiger partial charge in [-0.2, -0.15) is 0 Å². The van der Waals surface area contributed by atoms with Crippen molar-refractivity contribution in [3.63, 3.8) is 0 Å². The Balaban J connectivity index is 2.28. The number of carbonyl (C=O) groups excluding carboxylic acids is 2. The fourth-order valence-corrected chi connectivity index (χ4v) is 3.08. The molecule has 2 amide bonds. The monoisotopic (exact) mass is 361 g/mol. The number of carboxylic acid groups (broad SMARTS) is 1. The first-order valence-corrected chi connectivity index (χ1v) is 8.84. The second-order valence-corrected chi connectivity index (χ2v) is 7.03. The first-order valence-electron chi connectivity index (χ1n) is 8.84. The molecule has 1 aliphatic heterocycles. The van der Waals surface area contributed by atoms with Crippen molar-refractivity contribution in [3.05, 3.63) is 35.4 Å². The Morgan fingerprint density at radius 2 is 1.77 bits per heavy atom. The summed E-state index contributed by atoms with van der Waals surface area (Å²) >= 11 is 0. The summed E-state index contributed by atoms with van der Waals surface area (Å²) in [5.41, 5.74) is 1.88. The van der Waals surface area contributed by atoms with Crippen molar-refractivity contribution in [2.45, 2.75) is 51.9 Å². The molecule has 0 radical (unpaired) electrons. The molecule has 7 heteroatoms. The van der Waals surface area contributed by atoms with Gasteiger partial charge in [-0.25, -0.2) is 4.79 Å². The molecule has 0 saturated carbocycles. The van der Waals surface area contributed by atoms with Crippen molar-refractivity contribution in [2.75, 3.05) is 7.05 Å². The minimum Gasteiger partial charge on any atom is -0.480 e. The molecule has 0 aliphatic carbocycles. The van der Waals surface area contributed by atoms with Gasteiger partial charge in [-0.1, -0.05) is 38.1 Å². The molecule has 1 heterocycles. The van der Waals surface area contributed by atoms with Crippen LogP contribution in [-0.2, 0) is 27.3 Å². The van der Waals surface area contributed by atoms with Gasteiger partial charge in [-0.3, -0.25) is 9.59 Å². The molecule has 0 bridgehead atoms. The lowest BCUT2D eigenvalue weighted by molar-refractivity contribution is -0.153. The maximum absolute atomic E-state index is 13.1. The van der Waals surface area contributed by atoms with E-state index in [4.69, 9.17) is 0 Å². The van der Waals surface area contributed by atoms with Gasteiger partial charge in [0.1, 0.15) is 12.1 Å². The summed E-state index contributed by atoms with van der Waals surface area (Å²) in [7, 11) is 1.67. The number of aliphatic carboxylic acids is 1. The lowest BCUT2D eigenvalue weighted by Gasteiger charge is -2.37. The van der Waals surface area contributed by atoms with Gasteiger partial charge in [-0.15, -0.1) is 0 Å². The van der Waals surface area contributed by atoms with Gasteiger partial charge in [0.15, 0.2) is 0 Å². The molecule has 0 saturated heterocycles. The van der Waals surface area contributed by atoms with Crippen LogP contribution in [-0.4, -0.2) is 53.0 Å². The van der Waals surface area contributed by atoms with E-state index in [0.29, 0.717) is 0 Å². The number of carbonyl (C=O) groups is 3. The summed E-state index contributed by atoms with van der Waals surface area (Å²) in [6.07, 6.45) is 0.267. The molecule has 26 heavy (non-hydrogen) atoms. The average Bonchev–Trinajstić information content (AvgIpc) is 2.63. The maximum Gasteiger partial charge on any atom is 0.326 e. The smallest absolute Gasteiger partial charge is 0.326 e. The van der Waals surface area contributed by atoms with Gasteiger partial charge in [0.2, 0.25) is 11.8 Å². The Labute approximate surface area is 153 Å². The van der Waals surface area contributed by atoms with Crippen LogP contribution < -0.4 is 10.6 Å². The van der Waals surface area contributed by atoms with Crippen molar-refractivity contribution in [1.82, 2.24) is 15.5 Å². The van der Waals surface area contributed by atoms with E-state index in [1.54, 1.807) is 14.0 Å². The van der Waals surface area contributed by atoms with Crippen LogP contribution in [0.3, 0.4) is 0 Å². The second-order valence-electron chi connectivity index (χ2n) is 7.03. The number of nitrogens with zero attached hydrogens (tertiary/aromatic N) is 1. The maximum atomic E-state index is 13.1. The summed E-state index contributed by atoms with van der Waals surface area (Å²) in [4.78, 5) is 38.5. The first-order chi connectivity index (χ1) is 12.3. The molecule has 1 aromatic rings. The molecular formula is C19H27N3O4. The number of hydrogen-bond acceptors (Lipinski definition) is 4. The Bertz CT molecular complexity index is 689. The van der Waals surface area contributed by atoms with Crippen LogP contribution in [0.2, 0.25) is 0 Å². The zero-order chi connectivity index (χ0) is 19.4. The molecule has 0 fully saturated rings. The quantitative estimate of drug-likeness (QED) is 0.695. The van der Waals surface area contributed by atoms with E-state index in [1.165, 1.54) is 4.90 Å². The Kier molecular flexibility index (Phi) is 6.37. The van der Waals surface area contributed by atoms with Crippen molar-refractivity contribution >= 4 is 17.8 Å². The van der Waals surface area contributed by atoms with Crippen LogP contribution in [0.5, 0.6) is 0 Å². The molecule has 3 N–H and O–H groups in total. The van der Waals surface area contributed by atoms with Crippen molar-refractivity contribution < 1.29 is 19.5 Å². The number of hydrogen-bond donors (Lipinski definition) is 3. The summed E-state index contributed by atoms with van der Waals surface area (Å²) in [6, 6.07) is 5.39. The number of benzene rings is 1. The number of carboxylic acids is 1. The number of rotatable bonds is 6. The van der Waals surface area contributed by atoms with Gasteiger partial charge in [0, 0.05) is 13.0 Å². The zero-order valence-electron chi connectivity index (χ0n) is 15.7. The summed E-state index contributed by atoms with van der Waals surface area (Å²) in [6.45, 7) is 5.60. The van der Waals surface area contributed by atoms with Crippen molar-refractivity contribution in [3.8, 4) is 0 Å². The van der Waals surface area contributed by atoms with E-state index < -0.39 is 24.1 Å². The number of fused-ring (bicyclic) bond motifs is 1. The van der Waals surface area contributed by atoms with E-state index >= 15 is 0 Å².